The van der Waals surface area contributed by atoms with Gasteiger partial charge in [0.25, 0.3) is 5.91 Å². The second kappa shape index (κ2) is 9.19. The Balaban J connectivity index is 1.60. The van der Waals surface area contributed by atoms with Crippen LogP contribution in [0.2, 0.25) is 5.02 Å². The lowest BCUT2D eigenvalue weighted by Gasteiger charge is -2.36. The fourth-order valence-electron chi connectivity index (χ4n) is 3.08. The van der Waals surface area contributed by atoms with Crippen molar-refractivity contribution in [2.45, 2.75) is 6.92 Å². The lowest BCUT2D eigenvalue weighted by molar-refractivity contribution is -0.129. The highest BCUT2D eigenvalue weighted by atomic mass is 35.5. The molecule has 6 nitrogen and oxygen atoms in total. The van der Waals surface area contributed by atoms with Crippen molar-refractivity contribution in [3.8, 4) is 0 Å². The third-order valence-corrected chi connectivity index (χ3v) is 5.12. The summed E-state index contributed by atoms with van der Waals surface area (Å²) in [5.41, 5.74) is 1.37. The van der Waals surface area contributed by atoms with E-state index in [1.54, 1.807) is 30.0 Å². The molecule has 29 heavy (non-hydrogen) atoms. The van der Waals surface area contributed by atoms with Crippen LogP contribution >= 0.6 is 23.8 Å². The van der Waals surface area contributed by atoms with Crippen LogP contribution in [0.25, 0.3) is 0 Å². The van der Waals surface area contributed by atoms with Gasteiger partial charge in [-0.05, 0) is 42.5 Å². The maximum Gasteiger partial charge on any atom is 0.260 e. The first kappa shape index (κ1) is 21.0. The average Bonchev–Trinajstić information content (AvgIpc) is 2.68. The first-order valence-electron chi connectivity index (χ1n) is 9.02. The molecule has 1 aliphatic rings. The Labute approximate surface area is 178 Å². The number of nitrogens with one attached hydrogen (secondary N) is 2. The number of thiocarbonyl (C=S) groups is 1. The zero-order valence-corrected chi connectivity index (χ0v) is 17.3. The van der Waals surface area contributed by atoms with E-state index < -0.39 is 11.7 Å². The van der Waals surface area contributed by atoms with Gasteiger partial charge in [-0.1, -0.05) is 23.7 Å². The molecule has 0 radical (unpaired) electrons. The normalized spacial score (nSPS) is 13.8. The Morgan fingerprint density at radius 3 is 2.41 bits per heavy atom. The van der Waals surface area contributed by atoms with Gasteiger partial charge >= 0.3 is 0 Å². The number of nitrogens with zero attached hydrogens (tertiary/aromatic N) is 2. The Hall–Kier alpha value is -2.71. The maximum atomic E-state index is 13.7. The van der Waals surface area contributed by atoms with Gasteiger partial charge in [0.2, 0.25) is 5.91 Å². The smallest absolute Gasteiger partial charge is 0.260 e. The van der Waals surface area contributed by atoms with Crippen molar-refractivity contribution in [2.75, 3.05) is 36.4 Å². The number of hydrogen-bond acceptors (Lipinski definition) is 4. The lowest BCUT2D eigenvalue weighted by atomic mass is 10.2. The summed E-state index contributed by atoms with van der Waals surface area (Å²) in [6.45, 7) is 4.26. The highest BCUT2D eigenvalue weighted by Crippen LogP contribution is 2.29. The first-order chi connectivity index (χ1) is 13.8. The molecule has 2 aromatic rings. The summed E-state index contributed by atoms with van der Waals surface area (Å²) >= 11 is 11.6. The van der Waals surface area contributed by atoms with E-state index in [2.05, 4.69) is 15.5 Å². The van der Waals surface area contributed by atoms with E-state index in [1.807, 2.05) is 6.07 Å². The number of piperazine rings is 1. The number of rotatable bonds is 3. The van der Waals surface area contributed by atoms with Crippen LogP contribution in [-0.4, -0.2) is 48.0 Å². The van der Waals surface area contributed by atoms with Crippen LogP contribution in [0.3, 0.4) is 0 Å². The SMILES string of the molecule is CC(=O)N1CCN(c2ccc(NC(=S)NC(=O)c3ccccc3F)cc2Cl)CC1. The molecule has 1 fully saturated rings. The van der Waals surface area contributed by atoms with Crippen LogP contribution in [0.4, 0.5) is 15.8 Å². The molecule has 1 heterocycles. The second-order valence-electron chi connectivity index (χ2n) is 6.55. The highest BCUT2D eigenvalue weighted by molar-refractivity contribution is 7.80. The molecule has 2 amide bonds. The summed E-state index contributed by atoms with van der Waals surface area (Å²) < 4.78 is 13.7. The average molecular weight is 435 g/mol. The number of hydrogen-bond donors (Lipinski definition) is 2. The van der Waals surface area contributed by atoms with E-state index in [9.17, 15) is 14.0 Å². The van der Waals surface area contributed by atoms with Gasteiger partial charge in [-0.15, -0.1) is 0 Å². The number of halogens is 2. The monoisotopic (exact) mass is 434 g/mol. The van der Waals surface area contributed by atoms with E-state index in [4.69, 9.17) is 23.8 Å². The molecule has 2 N–H and O–H groups in total. The fourth-order valence-corrected chi connectivity index (χ4v) is 3.59. The van der Waals surface area contributed by atoms with Crippen molar-refractivity contribution in [3.63, 3.8) is 0 Å². The van der Waals surface area contributed by atoms with Gasteiger partial charge in [-0.3, -0.25) is 14.9 Å². The van der Waals surface area contributed by atoms with Gasteiger partial charge in [-0.25, -0.2) is 4.39 Å². The van der Waals surface area contributed by atoms with E-state index in [-0.39, 0.29) is 16.6 Å². The number of anilines is 2. The topological polar surface area (TPSA) is 64.7 Å². The molecule has 0 bridgehead atoms. The van der Waals surface area contributed by atoms with Gasteiger partial charge in [0.15, 0.2) is 5.11 Å². The molecule has 152 valence electrons. The summed E-state index contributed by atoms with van der Waals surface area (Å²) in [4.78, 5) is 27.5. The van der Waals surface area contributed by atoms with Crippen molar-refractivity contribution in [1.82, 2.24) is 10.2 Å². The van der Waals surface area contributed by atoms with E-state index in [0.717, 1.165) is 5.69 Å². The zero-order chi connectivity index (χ0) is 21.0. The minimum atomic E-state index is -0.633. The lowest BCUT2D eigenvalue weighted by Crippen LogP contribution is -2.48. The number of carbonyl (C=O) groups is 2. The molecule has 2 aromatic carbocycles. The van der Waals surface area contributed by atoms with Gasteiger partial charge in [-0.2, -0.15) is 0 Å². The van der Waals surface area contributed by atoms with E-state index >= 15 is 0 Å². The van der Waals surface area contributed by atoms with Crippen molar-refractivity contribution in [1.29, 1.82) is 0 Å². The van der Waals surface area contributed by atoms with E-state index in [0.29, 0.717) is 36.9 Å². The maximum absolute atomic E-state index is 13.7. The summed E-state index contributed by atoms with van der Waals surface area (Å²) in [5, 5.41) is 5.89. The quantitative estimate of drug-likeness (QED) is 0.726. The predicted octanol–water partition coefficient (Wildman–Crippen LogP) is 3.27. The van der Waals surface area contributed by atoms with Crippen LogP contribution in [0.1, 0.15) is 17.3 Å². The molecular weight excluding hydrogens is 415 g/mol. The molecule has 0 spiro atoms. The molecule has 0 saturated carbocycles. The van der Waals surface area contributed by atoms with Crippen molar-refractivity contribution >= 4 is 52.1 Å². The Morgan fingerprint density at radius 1 is 1.10 bits per heavy atom. The molecule has 0 unspecified atom stereocenters. The highest BCUT2D eigenvalue weighted by Gasteiger charge is 2.20. The predicted molar refractivity (Wildman–Crippen MR) is 116 cm³/mol. The largest absolute Gasteiger partial charge is 0.367 e. The van der Waals surface area contributed by atoms with Crippen LogP contribution < -0.4 is 15.5 Å². The molecule has 9 heteroatoms. The van der Waals surface area contributed by atoms with Gasteiger partial charge < -0.3 is 15.1 Å². The van der Waals surface area contributed by atoms with Crippen LogP contribution in [0, 0.1) is 5.82 Å². The van der Waals surface area contributed by atoms with E-state index in [1.165, 1.54) is 18.2 Å². The van der Waals surface area contributed by atoms with Gasteiger partial charge in [0.05, 0.1) is 16.3 Å². The molecular formula is C20H20ClFN4O2S. The van der Waals surface area contributed by atoms with Crippen molar-refractivity contribution < 1.29 is 14.0 Å². The molecule has 1 aliphatic heterocycles. The molecule has 3 rings (SSSR count). The van der Waals surface area contributed by atoms with Crippen LogP contribution in [-0.2, 0) is 4.79 Å². The van der Waals surface area contributed by atoms with Crippen molar-refractivity contribution in [3.05, 3.63) is 58.9 Å². The molecule has 0 atom stereocenters. The number of carbonyl (C=O) groups excluding carboxylic acids is 2. The Bertz CT molecular complexity index is 948. The molecule has 0 aromatic heterocycles. The summed E-state index contributed by atoms with van der Waals surface area (Å²) in [5.74, 6) is -1.18. The molecule has 1 saturated heterocycles. The summed E-state index contributed by atoms with van der Waals surface area (Å²) in [6.07, 6.45) is 0. The van der Waals surface area contributed by atoms with Gasteiger partial charge in [0, 0.05) is 38.8 Å². The first-order valence-corrected chi connectivity index (χ1v) is 9.80. The minimum absolute atomic E-state index is 0.0390. The third kappa shape index (κ3) is 5.21. The minimum Gasteiger partial charge on any atom is -0.367 e. The van der Waals surface area contributed by atoms with Crippen LogP contribution in [0.5, 0.6) is 0 Å². The summed E-state index contributed by atoms with van der Waals surface area (Å²) in [7, 11) is 0. The third-order valence-electron chi connectivity index (χ3n) is 4.62. The second-order valence-corrected chi connectivity index (χ2v) is 7.36. The summed E-state index contributed by atoms with van der Waals surface area (Å²) in [6, 6.07) is 11.0. The van der Waals surface area contributed by atoms with Crippen molar-refractivity contribution in [2.24, 2.45) is 0 Å². The molecule has 0 aliphatic carbocycles. The number of benzene rings is 2. The van der Waals surface area contributed by atoms with Gasteiger partial charge in [0.1, 0.15) is 5.82 Å². The fraction of sp³-hybridized carbons (Fsp3) is 0.250. The Kier molecular flexibility index (Phi) is 6.66. The standard InChI is InChI=1S/C20H20ClFN4O2S/c1-13(27)25-8-10-26(11-9-25)18-7-6-14(12-16(18)21)23-20(29)24-19(28)15-4-2-3-5-17(15)22/h2-7,12H,8-11H2,1H3,(H2,23,24,28,29). The zero-order valence-electron chi connectivity index (χ0n) is 15.7. The Morgan fingerprint density at radius 2 is 1.79 bits per heavy atom. The number of amides is 2. The van der Waals surface area contributed by atoms with Crippen LogP contribution in [0.15, 0.2) is 42.5 Å².